The maximum Gasteiger partial charge on any atom is 0.136 e. The van der Waals surface area contributed by atoms with Crippen LogP contribution in [-0.2, 0) is 13.1 Å². The van der Waals surface area contributed by atoms with E-state index < -0.39 is 0 Å². The van der Waals surface area contributed by atoms with Gasteiger partial charge in [0.1, 0.15) is 17.6 Å². The first-order valence-electron chi connectivity index (χ1n) is 6.42. The molecule has 2 aromatic rings. The van der Waals surface area contributed by atoms with Crippen LogP contribution in [0.15, 0.2) is 34.9 Å². The summed E-state index contributed by atoms with van der Waals surface area (Å²) in [6.07, 6.45) is 1.71. The number of hydrogen-bond acceptors (Lipinski definition) is 4. The summed E-state index contributed by atoms with van der Waals surface area (Å²) >= 11 is 0. The molecule has 1 heterocycles. The summed E-state index contributed by atoms with van der Waals surface area (Å²) in [6.45, 7) is 3.57. The van der Waals surface area contributed by atoms with Gasteiger partial charge < -0.3 is 9.15 Å². The van der Waals surface area contributed by atoms with Gasteiger partial charge in [-0.05, 0) is 37.7 Å². The molecule has 0 aliphatic carbocycles. The molecule has 0 amide bonds. The number of nitrogens with zero attached hydrogens (tertiary/aromatic N) is 2. The van der Waals surface area contributed by atoms with Gasteiger partial charge in [0.25, 0.3) is 0 Å². The van der Waals surface area contributed by atoms with Crippen molar-refractivity contribution in [3.8, 4) is 11.8 Å². The fourth-order valence-electron chi connectivity index (χ4n) is 2.16. The van der Waals surface area contributed by atoms with Gasteiger partial charge in [-0.3, -0.25) is 4.90 Å². The second-order valence-electron chi connectivity index (χ2n) is 4.82. The van der Waals surface area contributed by atoms with Crippen LogP contribution >= 0.6 is 0 Å². The Bertz CT molecular complexity index is 626. The van der Waals surface area contributed by atoms with Gasteiger partial charge in [-0.25, -0.2) is 0 Å². The minimum absolute atomic E-state index is 0.560. The Morgan fingerprint density at radius 3 is 2.70 bits per heavy atom. The van der Waals surface area contributed by atoms with E-state index in [1.54, 1.807) is 19.4 Å². The van der Waals surface area contributed by atoms with Crippen LogP contribution in [0, 0.1) is 18.3 Å². The predicted octanol–water partition coefficient (Wildman–Crippen LogP) is 3.10. The van der Waals surface area contributed by atoms with Gasteiger partial charge in [-0.15, -0.1) is 0 Å². The monoisotopic (exact) mass is 270 g/mol. The fourth-order valence-corrected chi connectivity index (χ4v) is 2.16. The van der Waals surface area contributed by atoms with E-state index >= 15 is 0 Å². The standard InChI is InChI=1S/C16H18N2O2/c1-12-15(6-7-20-12)11-18(2)10-13-4-5-14(9-17)16(8-13)19-3/h4-8H,10-11H2,1-3H3. The fraction of sp³-hybridized carbons (Fsp3) is 0.312. The molecule has 0 atom stereocenters. The molecule has 0 spiro atoms. The lowest BCUT2D eigenvalue weighted by Gasteiger charge is -2.17. The highest BCUT2D eigenvalue weighted by Crippen LogP contribution is 2.20. The van der Waals surface area contributed by atoms with Crippen LogP contribution in [0.2, 0.25) is 0 Å². The van der Waals surface area contributed by atoms with Crippen LogP contribution in [0.1, 0.15) is 22.5 Å². The van der Waals surface area contributed by atoms with Gasteiger partial charge in [0.2, 0.25) is 0 Å². The van der Waals surface area contributed by atoms with E-state index in [0.717, 1.165) is 24.4 Å². The Morgan fingerprint density at radius 2 is 2.10 bits per heavy atom. The maximum absolute atomic E-state index is 8.97. The van der Waals surface area contributed by atoms with Gasteiger partial charge in [0, 0.05) is 18.7 Å². The molecule has 104 valence electrons. The number of hydrogen-bond donors (Lipinski definition) is 0. The molecule has 4 heteroatoms. The quantitative estimate of drug-likeness (QED) is 0.837. The normalized spacial score (nSPS) is 10.6. The smallest absolute Gasteiger partial charge is 0.136 e. The largest absolute Gasteiger partial charge is 0.495 e. The maximum atomic E-state index is 8.97. The second-order valence-corrected chi connectivity index (χ2v) is 4.82. The average molecular weight is 270 g/mol. The highest BCUT2D eigenvalue weighted by Gasteiger charge is 2.08. The van der Waals surface area contributed by atoms with E-state index in [9.17, 15) is 0 Å². The Hall–Kier alpha value is -2.25. The molecule has 1 aromatic heterocycles. The molecule has 4 nitrogen and oxygen atoms in total. The van der Waals surface area contributed by atoms with Gasteiger partial charge in [0.05, 0.1) is 18.9 Å². The predicted molar refractivity (Wildman–Crippen MR) is 76.3 cm³/mol. The topological polar surface area (TPSA) is 49.4 Å². The van der Waals surface area contributed by atoms with Gasteiger partial charge in [0.15, 0.2) is 0 Å². The average Bonchev–Trinajstić information content (AvgIpc) is 2.84. The van der Waals surface area contributed by atoms with Crippen LogP contribution in [-0.4, -0.2) is 19.1 Å². The summed E-state index contributed by atoms with van der Waals surface area (Å²) < 4.78 is 10.5. The lowest BCUT2D eigenvalue weighted by atomic mass is 10.1. The molecular weight excluding hydrogens is 252 g/mol. The molecule has 20 heavy (non-hydrogen) atoms. The Morgan fingerprint density at radius 1 is 1.30 bits per heavy atom. The molecule has 0 aliphatic heterocycles. The zero-order valence-electron chi connectivity index (χ0n) is 12.0. The number of nitriles is 1. The van der Waals surface area contributed by atoms with Crippen molar-refractivity contribution in [2.45, 2.75) is 20.0 Å². The van der Waals surface area contributed by atoms with E-state index in [4.69, 9.17) is 14.4 Å². The Kier molecular flexibility index (Phi) is 4.44. The molecule has 0 unspecified atom stereocenters. The van der Waals surface area contributed by atoms with Crippen LogP contribution < -0.4 is 4.74 Å². The Labute approximate surface area is 119 Å². The van der Waals surface area contributed by atoms with Gasteiger partial charge in [-0.2, -0.15) is 5.26 Å². The number of rotatable bonds is 5. The lowest BCUT2D eigenvalue weighted by molar-refractivity contribution is 0.315. The van der Waals surface area contributed by atoms with Crippen molar-refractivity contribution >= 4 is 0 Å². The molecule has 0 fully saturated rings. The third-order valence-corrected chi connectivity index (χ3v) is 3.25. The number of ether oxygens (including phenoxy) is 1. The molecule has 0 saturated heterocycles. The molecule has 2 rings (SSSR count). The van der Waals surface area contributed by atoms with E-state index in [-0.39, 0.29) is 0 Å². The highest BCUT2D eigenvalue weighted by atomic mass is 16.5. The number of benzene rings is 1. The van der Waals surface area contributed by atoms with E-state index in [1.165, 1.54) is 5.56 Å². The molecule has 1 aromatic carbocycles. The van der Waals surface area contributed by atoms with Crippen molar-refractivity contribution in [1.82, 2.24) is 4.90 Å². The van der Waals surface area contributed by atoms with Crippen molar-refractivity contribution < 1.29 is 9.15 Å². The van der Waals surface area contributed by atoms with Crippen molar-refractivity contribution in [3.63, 3.8) is 0 Å². The van der Waals surface area contributed by atoms with E-state index in [2.05, 4.69) is 18.0 Å². The number of furan rings is 1. The second kappa shape index (κ2) is 6.27. The highest BCUT2D eigenvalue weighted by molar-refractivity contribution is 5.45. The van der Waals surface area contributed by atoms with Crippen LogP contribution in [0.3, 0.4) is 0 Å². The Balaban J connectivity index is 2.06. The van der Waals surface area contributed by atoms with Crippen LogP contribution in [0.25, 0.3) is 0 Å². The first-order valence-corrected chi connectivity index (χ1v) is 6.42. The van der Waals surface area contributed by atoms with Crippen molar-refractivity contribution in [1.29, 1.82) is 5.26 Å². The van der Waals surface area contributed by atoms with Crippen LogP contribution in [0.5, 0.6) is 5.75 Å². The summed E-state index contributed by atoms with van der Waals surface area (Å²) in [6, 6.07) is 9.78. The molecule has 0 bridgehead atoms. The molecule has 0 radical (unpaired) electrons. The summed E-state index contributed by atoms with van der Waals surface area (Å²) in [4.78, 5) is 2.19. The van der Waals surface area contributed by atoms with Gasteiger partial charge >= 0.3 is 0 Å². The minimum atomic E-state index is 0.560. The summed E-state index contributed by atoms with van der Waals surface area (Å²) in [5.41, 5.74) is 2.86. The van der Waals surface area contributed by atoms with Crippen molar-refractivity contribution in [3.05, 3.63) is 53.0 Å². The number of aryl methyl sites for hydroxylation is 1. The summed E-state index contributed by atoms with van der Waals surface area (Å²) in [5.74, 6) is 1.58. The third kappa shape index (κ3) is 3.19. The SMILES string of the molecule is COc1cc(CN(C)Cc2ccoc2C)ccc1C#N. The zero-order valence-corrected chi connectivity index (χ0v) is 12.0. The lowest BCUT2D eigenvalue weighted by Crippen LogP contribution is -2.17. The third-order valence-electron chi connectivity index (χ3n) is 3.25. The van der Waals surface area contributed by atoms with E-state index in [0.29, 0.717) is 11.3 Å². The number of methoxy groups -OCH3 is 1. The first kappa shape index (κ1) is 14.2. The summed E-state index contributed by atoms with van der Waals surface area (Å²) in [7, 11) is 3.63. The van der Waals surface area contributed by atoms with Crippen LogP contribution in [0.4, 0.5) is 0 Å². The molecular formula is C16H18N2O2. The van der Waals surface area contributed by atoms with Crippen molar-refractivity contribution in [2.24, 2.45) is 0 Å². The minimum Gasteiger partial charge on any atom is -0.495 e. The van der Waals surface area contributed by atoms with Crippen molar-refractivity contribution in [2.75, 3.05) is 14.2 Å². The molecule has 0 N–H and O–H groups in total. The zero-order chi connectivity index (χ0) is 14.5. The van der Waals surface area contributed by atoms with E-state index in [1.807, 2.05) is 25.1 Å². The molecule has 0 aliphatic rings. The summed E-state index contributed by atoms with van der Waals surface area (Å²) in [5, 5.41) is 8.97. The van der Waals surface area contributed by atoms with Gasteiger partial charge in [-0.1, -0.05) is 6.07 Å². The molecule has 0 saturated carbocycles. The first-order chi connectivity index (χ1) is 9.63.